The molecule has 0 aromatic heterocycles. The van der Waals surface area contributed by atoms with Crippen LogP contribution >= 0.6 is 0 Å². The van der Waals surface area contributed by atoms with Gasteiger partial charge in [-0.1, -0.05) is 32.0 Å². The van der Waals surface area contributed by atoms with E-state index in [-0.39, 0.29) is 12.3 Å². The molecule has 1 amide bonds. The van der Waals surface area contributed by atoms with Crippen molar-refractivity contribution in [3.8, 4) is 5.75 Å². The average Bonchev–Trinajstić information content (AvgIpc) is 2.44. The molecule has 0 fully saturated rings. The van der Waals surface area contributed by atoms with Crippen molar-refractivity contribution >= 4 is 12.1 Å². The van der Waals surface area contributed by atoms with E-state index in [1.54, 1.807) is 45.0 Å². The molecule has 0 bridgehead atoms. The number of rotatable bonds is 7. The number of amides is 1. The molecule has 0 aliphatic carbocycles. The molecule has 2 unspecified atom stereocenters. The summed E-state index contributed by atoms with van der Waals surface area (Å²) >= 11 is 0. The van der Waals surface area contributed by atoms with Gasteiger partial charge in [-0.3, -0.25) is 4.79 Å². The predicted octanol–water partition coefficient (Wildman–Crippen LogP) is 3.28. The number of carbonyl (C=O) groups excluding carboxylic acids is 2. The number of esters is 1. The molecule has 1 rings (SSSR count). The van der Waals surface area contributed by atoms with Crippen molar-refractivity contribution in [1.29, 1.82) is 0 Å². The quantitative estimate of drug-likeness (QED) is 0.582. The van der Waals surface area contributed by atoms with Crippen molar-refractivity contribution in [2.45, 2.75) is 65.2 Å². The molecule has 0 radical (unpaired) electrons. The number of ether oxygens (including phenoxy) is 2. The molecule has 0 heterocycles. The van der Waals surface area contributed by atoms with Gasteiger partial charge in [0.05, 0.1) is 18.6 Å². The number of nitrogens with one attached hydrogen (secondary N) is 1. The minimum atomic E-state index is -1.06. The van der Waals surface area contributed by atoms with Crippen LogP contribution in [0.25, 0.3) is 0 Å². The Kier molecular flexibility index (Phi) is 7.90. The first-order valence-electron chi connectivity index (χ1n) is 8.50. The van der Waals surface area contributed by atoms with Gasteiger partial charge in [0.15, 0.2) is 0 Å². The van der Waals surface area contributed by atoms with Crippen LogP contribution < -0.4 is 10.1 Å². The van der Waals surface area contributed by atoms with Crippen molar-refractivity contribution in [3.63, 3.8) is 0 Å². The van der Waals surface area contributed by atoms with Gasteiger partial charge in [-0.2, -0.15) is 0 Å². The highest BCUT2D eigenvalue weighted by atomic mass is 16.6. The van der Waals surface area contributed by atoms with Crippen LogP contribution in [0.1, 0.15) is 47.5 Å². The molecule has 6 nitrogen and oxygen atoms in total. The molecule has 1 aromatic rings. The van der Waals surface area contributed by atoms with Crippen LogP contribution in [0.2, 0.25) is 0 Å². The molecule has 0 saturated heterocycles. The molecule has 0 aliphatic rings. The van der Waals surface area contributed by atoms with Crippen molar-refractivity contribution in [2.24, 2.45) is 5.92 Å². The highest BCUT2D eigenvalue weighted by Crippen LogP contribution is 2.15. The molecule has 140 valence electrons. The molecule has 6 heteroatoms. The van der Waals surface area contributed by atoms with Crippen molar-refractivity contribution in [2.75, 3.05) is 0 Å². The number of alkyl carbamates (subject to hydrolysis) is 1. The third-order valence-corrected chi connectivity index (χ3v) is 3.24. The maximum atomic E-state index is 12.0. The third kappa shape index (κ3) is 9.10. The molecule has 2 N–H and O–H groups in total. The van der Waals surface area contributed by atoms with E-state index in [0.29, 0.717) is 12.2 Å². The minimum absolute atomic E-state index is 0.220. The summed E-state index contributed by atoms with van der Waals surface area (Å²) in [7, 11) is 0. The normalized spacial score (nSPS) is 13.9. The predicted molar refractivity (Wildman–Crippen MR) is 95.3 cm³/mol. The standard InChI is InChI=1S/C19H29NO5/c1-13(2)11-15(20-18(23)25-19(3,4)5)16(21)12-17(22)24-14-9-7-6-8-10-14/h6-10,13,15-16,21H,11-12H2,1-5H3,(H,20,23). The Balaban J connectivity index is 2.64. The highest BCUT2D eigenvalue weighted by molar-refractivity contribution is 5.73. The summed E-state index contributed by atoms with van der Waals surface area (Å²) < 4.78 is 10.4. The Morgan fingerprint density at radius 1 is 1.16 bits per heavy atom. The first-order valence-corrected chi connectivity index (χ1v) is 8.50. The van der Waals surface area contributed by atoms with E-state index in [9.17, 15) is 14.7 Å². The van der Waals surface area contributed by atoms with E-state index in [1.807, 2.05) is 19.9 Å². The van der Waals surface area contributed by atoms with Gasteiger partial charge in [-0.15, -0.1) is 0 Å². The minimum Gasteiger partial charge on any atom is -0.444 e. The van der Waals surface area contributed by atoms with E-state index in [2.05, 4.69) is 5.32 Å². The van der Waals surface area contributed by atoms with E-state index >= 15 is 0 Å². The van der Waals surface area contributed by atoms with Crippen molar-refractivity contribution in [3.05, 3.63) is 30.3 Å². The van der Waals surface area contributed by atoms with E-state index in [0.717, 1.165) is 0 Å². The van der Waals surface area contributed by atoms with Gasteiger partial charge in [0.1, 0.15) is 11.4 Å². The largest absolute Gasteiger partial charge is 0.444 e. The summed E-state index contributed by atoms with van der Waals surface area (Å²) in [5.74, 6) is 0.0818. The third-order valence-electron chi connectivity index (χ3n) is 3.24. The van der Waals surface area contributed by atoms with Crippen molar-refractivity contribution < 1.29 is 24.2 Å². The number of benzene rings is 1. The van der Waals surface area contributed by atoms with Gasteiger partial charge in [-0.25, -0.2) is 4.79 Å². The zero-order valence-electron chi connectivity index (χ0n) is 15.6. The zero-order valence-corrected chi connectivity index (χ0v) is 15.6. The fraction of sp³-hybridized carbons (Fsp3) is 0.579. The van der Waals surface area contributed by atoms with Crippen LogP contribution in [0.15, 0.2) is 30.3 Å². The van der Waals surface area contributed by atoms with Gasteiger partial charge in [0.2, 0.25) is 0 Å². The highest BCUT2D eigenvalue weighted by Gasteiger charge is 2.27. The molecule has 0 spiro atoms. The molecule has 0 aliphatic heterocycles. The van der Waals surface area contributed by atoms with Gasteiger partial charge in [0.25, 0.3) is 0 Å². The maximum Gasteiger partial charge on any atom is 0.407 e. The molecule has 25 heavy (non-hydrogen) atoms. The number of para-hydroxylation sites is 1. The monoisotopic (exact) mass is 351 g/mol. The average molecular weight is 351 g/mol. The lowest BCUT2D eigenvalue weighted by molar-refractivity contribution is -0.137. The molecular weight excluding hydrogens is 322 g/mol. The first kappa shape index (κ1) is 21.0. The Morgan fingerprint density at radius 2 is 1.76 bits per heavy atom. The first-order chi connectivity index (χ1) is 11.6. The number of hydrogen-bond acceptors (Lipinski definition) is 5. The Bertz CT molecular complexity index is 551. The molecular formula is C19H29NO5. The molecule has 1 aromatic carbocycles. The van der Waals surface area contributed by atoms with Gasteiger partial charge >= 0.3 is 12.1 Å². The van der Waals surface area contributed by atoms with Crippen LogP contribution in [0.4, 0.5) is 4.79 Å². The summed E-state index contributed by atoms with van der Waals surface area (Å²) in [6.45, 7) is 9.23. The van der Waals surface area contributed by atoms with Crippen LogP contribution in [0.5, 0.6) is 5.75 Å². The summed E-state index contributed by atoms with van der Waals surface area (Å²) in [4.78, 5) is 24.0. The number of aliphatic hydroxyl groups is 1. The second-order valence-corrected chi connectivity index (χ2v) is 7.44. The topological polar surface area (TPSA) is 84.9 Å². The fourth-order valence-electron chi connectivity index (χ4n) is 2.25. The van der Waals surface area contributed by atoms with Crippen LogP contribution in [-0.4, -0.2) is 34.9 Å². The smallest absolute Gasteiger partial charge is 0.407 e. The Hall–Kier alpha value is -2.08. The van der Waals surface area contributed by atoms with Crippen molar-refractivity contribution in [1.82, 2.24) is 5.32 Å². The fourth-order valence-corrected chi connectivity index (χ4v) is 2.25. The SMILES string of the molecule is CC(C)CC(NC(=O)OC(C)(C)C)C(O)CC(=O)Oc1ccccc1. The van der Waals surface area contributed by atoms with Crippen LogP contribution in [-0.2, 0) is 9.53 Å². The van der Waals surface area contributed by atoms with E-state index in [1.165, 1.54) is 0 Å². The summed E-state index contributed by atoms with van der Waals surface area (Å²) in [6, 6.07) is 8.05. The van der Waals surface area contributed by atoms with E-state index in [4.69, 9.17) is 9.47 Å². The lowest BCUT2D eigenvalue weighted by Gasteiger charge is -2.27. The van der Waals surface area contributed by atoms with Crippen LogP contribution in [0.3, 0.4) is 0 Å². The Morgan fingerprint density at radius 3 is 2.28 bits per heavy atom. The Labute approximate surface area is 149 Å². The maximum absolute atomic E-state index is 12.0. The molecule has 0 saturated carbocycles. The summed E-state index contributed by atoms with van der Waals surface area (Å²) in [5, 5.41) is 13.0. The summed E-state index contributed by atoms with van der Waals surface area (Å²) in [5.41, 5.74) is -0.635. The second kappa shape index (κ2) is 9.42. The second-order valence-electron chi connectivity index (χ2n) is 7.44. The van der Waals surface area contributed by atoms with Gasteiger partial charge in [0, 0.05) is 0 Å². The number of carbonyl (C=O) groups is 2. The van der Waals surface area contributed by atoms with E-state index < -0.39 is 29.8 Å². The lowest BCUT2D eigenvalue weighted by atomic mass is 9.97. The summed E-state index contributed by atoms with van der Waals surface area (Å²) in [6.07, 6.45) is -1.39. The van der Waals surface area contributed by atoms with Gasteiger partial charge < -0.3 is 19.9 Å². The number of aliphatic hydroxyl groups excluding tert-OH is 1. The number of hydrogen-bond donors (Lipinski definition) is 2. The van der Waals surface area contributed by atoms with Crippen LogP contribution in [0, 0.1) is 5.92 Å². The van der Waals surface area contributed by atoms with Gasteiger partial charge in [-0.05, 0) is 45.2 Å². The lowest BCUT2D eigenvalue weighted by Crippen LogP contribution is -2.47. The molecule has 2 atom stereocenters. The zero-order chi connectivity index (χ0) is 19.0.